The van der Waals surface area contributed by atoms with Crippen LogP contribution in [0, 0.1) is 0 Å². The van der Waals surface area contributed by atoms with Crippen molar-refractivity contribution in [2.45, 2.75) is 25.0 Å². The van der Waals surface area contributed by atoms with Crippen molar-refractivity contribution < 1.29 is 10.2 Å². The van der Waals surface area contributed by atoms with E-state index in [1.807, 2.05) is 60.7 Å². The summed E-state index contributed by atoms with van der Waals surface area (Å²) in [5, 5.41) is 20.4. The van der Waals surface area contributed by atoms with Gasteiger partial charge in [0.2, 0.25) is 0 Å². The van der Waals surface area contributed by atoms with Crippen molar-refractivity contribution in [1.82, 2.24) is 0 Å². The van der Waals surface area contributed by atoms with Crippen LogP contribution >= 0.6 is 0 Å². The summed E-state index contributed by atoms with van der Waals surface area (Å²) in [5.74, 6) is -0.311. The van der Waals surface area contributed by atoms with Gasteiger partial charge >= 0.3 is 0 Å². The van der Waals surface area contributed by atoms with Crippen LogP contribution in [-0.4, -0.2) is 16.3 Å². The summed E-state index contributed by atoms with van der Waals surface area (Å²) in [6.07, 6.45) is -1.31. The SMILES string of the molecule is C[C@@H](O)[C@@H](c1ccccc1)[C@@H](O)c1ccccc1. The largest absolute Gasteiger partial charge is 0.393 e. The van der Waals surface area contributed by atoms with E-state index in [2.05, 4.69) is 0 Å². The highest BCUT2D eigenvalue weighted by atomic mass is 16.3. The predicted octanol–water partition coefficient (Wildman–Crippen LogP) is 2.88. The number of aliphatic hydroxyl groups excluding tert-OH is 2. The van der Waals surface area contributed by atoms with Gasteiger partial charge in [-0.3, -0.25) is 0 Å². The lowest BCUT2D eigenvalue weighted by Gasteiger charge is -2.26. The third-order valence-electron chi connectivity index (χ3n) is 3.19. The standard InChI is InChI=1S/C16H18O2/c1-12(17)15(13-8-4-2-5-9-13)16(18)14-10-6-3-7-11-14/h2-12,15-18H,1H3/t12-,15+,16+/m1/s1. The maximum atomic E-state index is 10.4. The Balaban J connectivity index is 2.32. The maximum Gasteiger partial charge on any atom is 0.0883 e. The summed E-state index contributed by atoms with van der Waals surface area (Å²) in [4.78, 5) is 0. The quantitative estimate of drug-likeness (QED) is 0.865. The molecule has 0 bridgehead atoms. The molecule has 18 heavy (non-hydrogen) atoms. The van der Waals surface area contributed by atoms with Crippen molar-refractivity contribution in [3.05, 3.63) is 71.8 Å². The van der Waals surface area contributed by atoms with Crippen LogP contribution in [0.3, 0.4) is 0 Å². The van der Waals surface area contributed by atoms with Gasteiger partial charge in [-0.2, -0.15) is 0 Å². The smallest absolute Gasteiger partial charge is 0.0883 e. The summed E-state index contributed by atoms with van der Waals surface area (Å²) >= 11 is 0. The topological polar surface area (TPSA) is 40.5 Å². The molecule has 94 valence electrons. The minimum Gasteiger partial charge on any atom is -0.393 e. The number of hydrogen-bond donors (Lipinski definition) is 2. The molecule has 0 unspecified atom stereocenters. The molecule has 0 amide bonds. The fraction of sp³-hybridized carbons (Fsp3) is 0.250. The molecule has 2 N–H and O–H groups in total. The molecule has 0 aromatic heterocycles. The van der Waals surface area contributed by atoms with Crippen molar-refractivity contribution in [2.24, 2.45) is 0 Å². The molecule has 0 fully saturated rings. The number of rotatable bonds is 4. The van der Waals surface area contributed by atoms with Gasteiger partial charge in [0.25, 0.3) is 0 Å². The highest BCUT2D eigenvalue weighted by molar-refractivity contribution is 5.27. The zero-order chi connectivity index (χ0) is 13.0. The first-order valence-corrected chi connectivity index (χ1v) is 6.16. The molecule has 0 heterocycles. The van der Waals surface area contributed by atoms with Crippen LogP contribution in [-0.2, 0) is 0 Å². The number of aliphatic hydroxyl groups is 2. The van der Waals surface area contributed by atoms with Crippen LogP contribution in [0.25, 0.3) is 0 Å². The highest BCUT2D eigenvalue weighted by Gasteiger charge is 2.26. The van der Waals surface area contributed by atoms with Crippen molar-refractivity contribution in [1.29, 1.82) is 0 Å². The van der Waals surface area contributed by atoms with Gasteiger partial charge in [-0.05, 0) is 18.1 Å². The molecule has 0 spiro atoms. The van der Waals surface area contributed by atoms with Crippen LogP contribution in [0.1, 0.15) is 30.1 Å². The van der Waals surface area contributed by atoms with E-state index >= 15 is 0 Å². The van der Waals surface area contributed by atoms with Crippen molar-refractivity contribution >= 4 is 0 Å². The van der Waals surface area contributed by atoms with E-state index in [0.29, 0.717) is 0 Å². The summed E-state index contributed by atoms with van der Waals surface area (Å²) in [6, 6.07) is 19.1. The minimum absolute atomic E-state index is 0.311. The molecule has 2 aromatic carbocycles. The van der Waals surface area contributed by atoms with E-state index in [1.165, 1.54) is 0 Å². The van der Waals surface area contributed by atoms with Crippen LogP contribution in [0.15, 0.2) is 60.7 Å². The zero-order valence-electron chi connectivity index (χ0n) is 10.4. The average molecular weight is 242 g/mol. The summed E-state index contributed by atoms with van der Waals surface area (Å²) in [5.41, 5.74) is 1.77. The normalized spacial score (nSPS) is 15.9. The van der Waals surface area contributed by atoms with Gasteiger partial charge in [0, 0.05) is 5.92 Å². The van der Waals surface area contributed by atoms with Gasteiger partial charge < -0.3 is 10.2 Å². The second kappa shape index (κ2) is 5.80. The van der Waals surface area contributed by atoms with Crippen molar-refractivity contribution in [2.75, 3.05) is 0 Å². The molecule has 2 nitrogen and oxygen atoms in total. The molecule has 0 aliphatic heterocycles. The minimum atomic E-state index is -0.700. The summed E-state index contributed by atoms with van der Waals surface area (Å²) in [7, 11) is 0. The Hall–Kier alpha value is -1.64. The van der Waals surface area contributed by atoms with E-state index in [4.69, 9.17) is 0 Å². The fourth-order valence-electron chi connectivity index (χ4n) is 2.26. The van der Waals surface area contributed by atoms with Gasteiger partial charge in [0.15, 0.2) is 0 Å². The Kier molecular flexibility index (Phi) is 4.13. The molecule has 3 atom stereocenters. The van der Waals surface area contributed by atoms with E-state index in [1.54, 1.807) is 6.92 Å². The summed E-state index contributed by atoms with van der Waals surface area (Å²) < 4.78 is 0. The molecular weight excluding hydrogens is 224 g/mol. The molecular formula is C16H18O2. The Morgan fingerprint density at radius 3 is 1.61 bits per heavy atom. The van der Waals surface area contributed by atoms with Gasteiger partial charge in [-0.15, -0.1) is 0 Å². The fourth-order valence-corrected chi connectivity index (χ4v) is 2.26. The van der Waals surface area contributed by atoms with Crippen LogP contribution < -0.4 is 0 Å². The van der Waals surface area contributed by atoms with E-state index < -0.39 is 12.2 Å². The van der Waals surface area contributed by atoms with Gasteiger partial charge in [-0.25, -0.2) is 0 Å². The van der Waals surface area contributed by atoms with E-state index in [0.717, 1.165) is 11.1 Å². The molecule has 2 aromatic rings. The predicted molar refractivity (Wildman–Crippen MR) is 72.3 cm³/mol. The third kappa shape index (κ3) is 2.78. The Morgan fingerprint density at radius 1 is 0.722 bits per heavy atom. The summed E-state index contributed by atoms with van der Waals surface area (Å²) in [6.45, 7) is 1.71. The molecule has 0 saturated heterocycles. The number of hydrogen-bond acceptors (Lipinski definition) is 2. The first-order valence-electron chi connectivity index (χ1n) is 6.16. The highest BCUT2D eigenvalue weighted by Crippen LogP contribution is 2.33. The second-order valence-corrected chi connectivity index (χ2v) is 4.53. The van der Waals surface area contributed by atoms with E-state index in [9.17, 15) is 10.2 Å². The zero-order valence-corrected chi connectivity index (χ0v) is 10.4. The first kappa shape index (κ1) is 12.8. The molecule has 0 aliphatic carbocycles. The Bertz CT molecular complexity index is 465. The third-order valence-corrected chi connectivity index (χ3v) is 3.19. The van der Waals surface area contributed by atoms with Crippen LogP contribution in [0.4, 0.5) is 0 Å². The molecule has 0 aliphatic rings. The van der Waals surface area contributed by atoms with Gasteiger partial charge in [-0.1, -0.05) is 60.7 Å². The van der Waals surface area contributed by atoms with Crippen LogP contribution in [0.5, 0.6) is 0 Å². The lowest BCUT2D eigenvalue weighted by atomic mass is 9.85. The first-order chi connectivity index (χ1) is 8.70. The van der Waals surface area contributed by atoms with Gasteiger partial charge in [0.05, 0.1) is 12.2 Å². The maximum absolute atomic E-state index is 10.4. The van der Waals surface area contributed by atoms with Crippen LogP contribution in [0.2, 0.25) is 0 Å². The van der Waals surface area contributed by atoms with E-state index in [-0.39, 0.29) is 5.92 Å². The molecule has 2 rings (SSSR count). The second-order valence-electron chi connectivity index (χ2n) is 4.53. The lowest BCUT2D eigenvalue weighted by molar-refractivity contribution is 0.0619. The van der Waals surface area contributed by atoms with Crippen molar-refractivity contribution in [3.8, 4) is 0 Å². The Labute approximate surface area is 108 Å². The average Bonchev–Trinajstić information content (AvgIpc) is 2.40. The van der Waals surface area contributed by atoms with Gasteiger partial charge in [0.1, 0.15) is 0 Å². The molecule has 2 heteroatoms. The number of benzene rings is 2. The monoisotopic (exact) mass is 242 g/mol. The lowest BCUT2D eigenvalue weighted by Crippen LogP contribution is -2.22. The Morgan fingerprint density at radius 2 is 1.17 bits per heavy atom. The van der Waals surface area contributed by atoms with Crippen molar-refractivity contribution in [3.63, 3.8) is 0 Å². The molecule has 0 saturated carbocycles. The molecule has 0 radical (unpaired) electrons.